The number of hydrogen-bond acceptors (Lipinski definition) is 3. The molecule has 0 aliphatic carbocycles. The number of halogens is 1. The van der Waals surface area contributed by atoms with Crippen molar-refractivity contribution in [3.63, 3.8) is 0 Å². The molecule has 5 heteroatoms. The van der Waals surface area contributed by atoms with E-state index in [1.54, 1.807) is 6.07 Å². The largest absolute Gasteiger partial charge is 0.367 e. The Labute approximate surface area is 116 Å². The van der Waals surface area contributed by atoms with Gasteiger partial charge in [0, 0.05) is 12.1 Å². The second kappa shape index (κ2) is 4.98. The van der Waals surface area contributed by atoms with E-state index < -0.39 is 11.9 Å². The van der Waals surface area contributed by atoms with Crippen molar-refractivity contribution < 1.29 is 18.7 Å². The van der Waals surface area contributed by atoms with E-state index >= 15 is 0 Å². The predicted octanol–water partition coefficient (Wildman–Crippen LogP) is 2.46. The highest BCUT2D eigenvalue weighted by molar-refractivity contribution is 6.01. The van der Waals surface area contributed by atoms with Gasteiger partial charge in [-0.3, -0.25) is 9.59 Å². The van der Waals surface area contributed by atoms with E-state index in [0.29, 0.717) is 24.9 Å². The lowest BCUT2D eigenvalue weighted by Crippen LogP contribution is -2.24. The van der Waals surface area contributed by atoms with E-state index in [4.69, 9.17) is 4.74 Å². The standard InChI is InChI=1S/C15H16FNO3/c1-8-2-4-13(20-8)15(19)10-6-9-3-5-14(18)17-12(9)7-11(10)16/h6-8,13H,2-5H2,1H3,(H,17,18). The van der Waals surface area contributed by atoms with Crippen LogP contribution in [0.15, 0.2) is 12.1 Å². The third-order valence-electron chi connectivity index (χ3n) is 3.88. The Hall–Kier alpha value is -1.75. The van der Waals surface area contributed by atoms with Gasteiger partial charge in [-0.15, -0.1) is 0 Å². The van der Waals surface area contributed by atoms with Gasteiger partial charge in [-0.1, -0.05) is 0 Å². The van der Waals surface area contributed by atoms with Crippen LogP contribution in [-0.2, 0) is 16.0 Å². The van der Waals surface area contributed by atoms with Crippen LogP contribution >= 0.6 is 0 Å². The molecule has 106 valence electrons. The van der Waals surface area contributed by atoms with Crippen LogP contribution < -0.4 is 5.32 Å². The number of anilines is 1. The molecule has 0 aromatic heterocycles. The highest BCUT2D eigenvalue weighted by Gasteiger charge is 2.31. The second-order valence-electron chi connectivity index (χ2n) is 5.41. The van der Waals surface area contributed by atoms with Gasteiger partial charge in [-0.05, 0) is 43.9 Å². The minimum Gasteiger partial charge on any atom is -0.367 e. The van der Waals surface area contributed by atoms with Crippen LogP contribution in [0.2, 0.25) is 0 Å². The fourth-order valence-electron chi connectivity index (χ4n) is 2.76. The first-order chi connectivity index (χ1) is 9.54. The van der Waals surface area contributed by atoms with Crippen molar-refractivity contribution in [1.29, 1.82) is 0 Å². The summed E-state index contributed by atoms with van der Waals surface area (Å²) in [6, 6.07) is 2.79. The van der Waals surface area contributed by atoms with Crippen LogP contribution in [0, 0.1) is 5.82 Å². The molecule has 3 rings (SSSR count). The summed E-state index contributed by atoms with van der Waals surface area (Å²) >= 11 is 0. The molecule has 4 nitrogen and oxygen atoms in total. The van der Waals surface area contributed by atoms with Crippen molar-refractivity contribution in [2.75, 3.05) is 5.32 Å². The molecule has 1 amide bonds. The summed E-state index contributed by atoms with van der Waals surface area (Å²) in [5.74, 6) is -1.02. The van der Waals surface area contributed by atoms with Gasteiger partial charge < -0.3 is 10.1 Å². The topological polar surface area (TPSA) is 55.4 Å². The zero-order chi connectivity index (χ0) is 14.3. The van der Waals surface area contributed by atoms with Crippen molar-refractivity contribution in [2.24, 2.45) is 0 Å². The fraction of sp³-hybridized carbons (Fsp3) is 0.467. The first kappa shape index (κ1) is 13.2. The first-order valence-corrected chi connectivity index (χ1v) is 6.86. The number of fused-ring (bicyclic) bond motifs is 1. The molecule has 0 bridgehead atoms. The van der Waals surface area contributed by atoms with E-state index in [1.807, 2.05) is 6.92 Å². The van der Waals surface area contributed by atoms with Gasteiger partial charge in [0.25, 0.3) is 0 Å². The Bertz CT molecular complexity index is 585. The van der Waals surface area contributed by atoms with Crippen LogP contribution in [0.4, 0.5) is 10.1 Å². The third kappa shape index (κ3) is 2.33. The van der Waals surface area contributed by atoms with E-state index in [1.165, 1.54) is 6.07 Å². The Morgan fingerprint density at radius 1 is 1.35 bits per heavy atom. The summed E-state index contributed by atoms with van der Waals surface area (Å²) < 4.78 is 19.6. The SMILES string of the molecule is CC1CCC(C(=O)c2cc3c(cc2F)NC(=O)CC3)O1. The number of carbonyl (C=O) groups excluding carboxylic acids is 2. The van der Waals surface area contributed by atoms with Crippen molar-refractivity contribution in [2.45, 2.75) is 44.8 Å². The molecule has 2 aliphatic heterocycles. The van der Waals surface area contributed by atoms with Crippen LogP contribution in [0.5, 0.6) is 0 Å². The van der Waals surface area contributed by atoms with Gasteiger partial charge in [-0.2, -0.15) is 0 Å². The average Bonchev–Trinajstić information content (AvgIpc) is 2.84. The average molecular weight is 277 g/mol. The molecule has 1 aromatic rings. The number of ketones is 1. The van der Waals surface area contributed by atoms with E-state index in [-0.39, 0.29) is 23.4 Å². The third-order valence-corrected chi connectivity index (χ3v) is 3.88. The normalized spacial score (nSPS) is 25.2. The molecular formula is C15H16FNO3. The van der Waals surface area contributed by atoms with Crippen molar-refractivity contribution in [1.82, 2.24) is 0 Å². The molecule has 0 radical (unpaired) electrons. The fourth-order valence-corrected chi connectivity index (χ4v) is 2.76. The number of Topliss-reactive ketones (excluding diaryl/α,β-unsaturated/α-hetero) is 1. The lowest BCUT2D eigenvalue weighted by Gasteiger charge is -2.19. The Morgan fingerprint density at radius 3 is 2.85 bits per heavy atom. The molecule has 1 saturated heterocycles. The molecule has 2 aliphatic rings. The number of amides is 1. The van der Waals surface area contributed by atoms with E-state index in [2.05, 4.69) is 5.32 Å². The van der Waals surface area contributed by atoms with Crippen LogP contribution in [0.25, 0.3) is 0 Å². The number of benzene rings is 1. The van der Waals surface area contributed by atoms with Gasteiger partial charge in [0.05, 0.1) is 11.7 Å². The van der Waals surface area contributed by atoms with Crippen LogP contribution in [0.3, 0.4) is 0 Å². The van der Waals surface area contributed by atoms with Gasteiger partial charge >= 0.3 is 0 Å². The number of aryl methyl sites for hydroxylation is 1. The van der Waals surface area contributed by atoms with E-state index in [0.717, 1.165) is 12.0 Å². The summed E-state index contributed by atoms with van der Waals surface area (Å²) in [5.41, 5.74) is 1.34. The molecule has 0 saturated carbocycles. The number of carbonyl (C=O) groups is 2. The predicted molar refractivity (Wildman–Crippen MR) is 71.3 cm³/mol. The monoisotopic (exact) mass is 277 g/mol. The van der Waals surface area contributed by atoms with Gasteiger partial charge in [0.15, 0.2) is 5.78 Å². The zero-order valence-electron chi connectivity index (χ0n) is 11.2. The van der Waals surface area contributed by atoms with E-state index in [9.17, 15) is 14.0 Å². The maximum atomic E-state index is 14.1. The molecule has 2 unspecified atom stereocenters. The summed E-state index contributed by atoms with van der Waals surface area (Å²) in [5, 5.41) is 2.62. The first-order valence-electron chi connectivity index (χ1n) is 6.86. The van der Waals surface area contributed by atoms with Crippen molar-refractivity contribution in [3.05, 3.63) is 29.1 Å². The van der Waals surface area contributed by atoms with Crippen LogP contribution in [-0.4, -0.2) is 23.9 Å². The maximum Gasteiger partial charge on any atom is 0.224 e. The molecule has 1 aromatic carbocycles. The van der Waals surface area contributed by atoms with Gasteiger partial charge in [0.2, 0.25) is 5.91 Å². The van der Waals surface area contributed by atoms with Crippen molar-refractivity contribution in [3.8, 4) is 0 Å². The lowest BCUT2D eigenvalue weighted by molar-refractivity contribution is -0.116. The quantitative estimate of drug-likeness (QED) is 0.845. The molecule has 2 atom stereocenters. The zero-order valence-corrected chi connectivity index (χ0v) is 11.2. The highest BCUT2D eigenvalue weighted by atomic mass is 19.1. The lowest BCUT2D eigenvalue weighted by atomic mass is 9.96. The summed E-state index contributed by atoms with van der Waals surface area (Å²) in [4.78, 5) is 23.6. The molecule has 1 fully saturated rings. The molecule has 1 N–H and O–H groups in total. The minimum atomic E-state index is -0.598. The van der Waals surface area contributed by atoms with Crippen molar-refractivity contribution >= 4 is 17.4 Å². The number of hydrogen-bond donors (Lipinski definition) is 1. The summed E-state index contributed by atoms with van der Waals surface area (Å²) in [7, 11) is 0. The Morgan fingerprint density at radius 2 is 2.15 bits per heavy atom. The molecule has 20 heavy (non-hydrogen) atoms. The van der Waals surface area contributed by atoms with Crippen LogP contribution in [0.1, 0.15) is 42.1 Å². The highest BCUT2D eigenvalue weighted by Crippen LogP contribution is 2.29. The van der Waals surface area contributed by atoms with Gasteiger partial charge in [-0.25, -0.2) is 4.39 Å². The number of nitrogens with one attached hydrogen (secondary N) is 1. The summed E-state index contributed by atoms with van der Waals surface area (Å²) in [6.45, 7) is 1.91. The maximum absolute atomic E-state index is 14.1. The minimum absolute atomic E-state index is 0.0453. The smallest absolute Gasteiger partial charge is 0.224 e. The van der Waals surface area contributed by atoms with Gasteiger partial charge in [0.1, 0.15) is 11.9 Å². The molecule has 2 heterocycles. The number of rotatable bonds is 2. The molecular weight excluding hydrogens is 261 g/mol. The second-order valence-corrected chi connectivity index (χ2v) is 5.41. The Kier molecular flexibility index (Phi) is 3.30. The Balaban J connectivity index is 1.90. The number of ether oxygens (including phenoxy) is 1. The summed E-state index contributed by atoms with van der Waals surface area (Å²) in [6.07, 6.45) is 1.85. The molecule has 0 spiro atoms.